The van der Waals surface area contributed by atoms with E-state index < -0.39 is 0 Å². The zero-order chi connectivity index (χ0) is 11.3. The van der Waals surface area contributed by atoms with Crippen LogP contribution in [0.3, 0.4) is 0 Å². The number of hydrogen-bond donors (Lipinski definition) is 1. The molecule has 1 N–H and O–H groups in total. The Morgan fingerprint density at radius 2 is 1.93 bits per heavy atom. The molecule has 0 aliphatic carbocycles. The van der Waals surface area contributed by atoms with Crippen LogP contribution < -0.4 is 5.32 Å². The van der Waals surface area contributed by atoms with E-state index in [1.165, 1.54) is 6.07 Å². The summed E-state index contributed by atoms with van der Waals surface area (Å²) in [5, 5.41) is 3.39. The third-order valence-electron chi connectivity index (χ3n) is 2.86. The summed E-state index contributed by atoms with van der Waals surface area (Å²) in [6.45, 7) is 7.28. The highest BCUT2D eigenvalue weighted by atomic mass is 19.1. The molecular weight excluding hydrogens is 189 g/mol. The molecule has 1 aromatic rings. The molecule has 15 heavy (non-hydrogen) atoms. The van der Waals surface area contributed by atoms with Crippen molar-refractivity contribution >= 4 is 0 Å². The van der Waals surface area contributed by atoms with Crippen molar-refractivity contribution in [2.75, 3.05) is 6.54 Å². The summed E-state index contributed by atoms with van der Waals surface area (Å²) in [7, 11) is 0. The highest BCUT2D eigenvalue weighted by Gasteiger charge is 2.16. The summed E-state index contributed by atoms with van der Waals surface area (Å²) in [5.41, 5.74) is 0.800. The van der Waals surface area contributed by atoms with Gasteiger partial charge in [-0.25, -0.2) is 4.39 Å². The van der Waals surface area contributed by atoms with Gasteiger partial charge < -0.3 is 5.32 Å². The van der Waals surface area contributed by atoms with E-state index in [9.17, 15) is 4.39 Å². The van der Waals surface area contributed by atoms with E-state index in [-0.39, 0.29) is 11.7 Å². The number of nitrogens with one attached hydrogen (secondary N) is 1. The van der Waals surface area contributed by atoms with Gasteiger partial charge in [-0.15, -0.1) is 0 Å². The normalized spacial score (nSPS) is 14.9. The zero-order valence-corrected chi connectivity index (χ0v) is 9.76. The first kappa shape index (κ1) is 12.2. The third kappa shape index (κ3) is 3.31. The Kier molecular flexibility index (Phi) is 4.76. The van der Waals surface area contributed by atoms with Gasteiger partial charge in [0.1, 0.15) is 5.82 Å². The molecule has 0 saturated carbocycles. The number of rotatable bonds is 5. The van der Waals surface area contributed by atoms with Crippen LogP contribution in [0.1, 0.15) is 38.7 Å². The van der Waals surface area contributed by atoms with Crippen molar-refractivity contribution in [2.45, 2.75) is 39.2 Å². The second kappa shape index (κ2) is 5.86. The second-order valence-corrected chi connectivity index (χ2v) is 4.05. The molecule has 0 saturated heterocycles. The van der Waals surface area contributed by atoms with Gasteiger partial charge >= 0.3 is 0 Å². The van der Waals surface area contributed by atoms with Gasteiger partial charge in [0, 0.05) is 6.04 Å². The molecule has 2 unspecified atom stereocenters. The lowest BCUT2D eigenvalue weighted by Gasteiger charge is -2.21. The second-order valence-electron chi connectivity index (χ2n) is 4.05. The average molecular weight is 209 g/mol. The molecule has 1 aromatic carbocycles. The fraction of sp³-hybridized carbons (Fsp3) is 0.538. The first-order valence-electron chi connectivity index (χ1n) is 5.64. The molecule has 0 aliphatic rings. The summed E-state index contributed by atoms with van der Waals surface area (Å²) in [5.74, 6) is 0.105. The Labute approximate surface area is 91.7 Å². The molecular formula is C13H20FN. The van der Waals surface area contributed by atoms with E-state index in [1.807, 2.05) is 12.1 Å². The van der Waals surface area contributed by atoms with Crippen LogP contribution in [-0.2, 0) is 0 Å². The van der Waals surface area contributed by atoms with E-state index in [2.05, 4.69) is 26.1 Å². The van der Waals surface area contributed by atoms with E-state index in [1.54, 1.807) is 6.07 Å². The van der Waals surface area contributed by atoms with Gasteiger partial charge in [0.25, 0.3) is 0 Å². The van der Waals surface area contributed by atoms with E-state index in [0.717, 1.165) is 18.5 Å². The lowest BCUT2D eigenvalue weighted by Crippen LogP contribution is -2.31. The van der Waals surface area contributed by atoms with Gasteiger partial charge in [0.2, 0.25) is 0 Å². The highest BCUT2D eigenvalue weighted by molar-refractivity contribution is 5.22. The lowest BCUT2D eigenvalue weighted by atomic mass is 9.94. The van der Waals surface area contributed by atoms with Crippen LogP contribution in [0, 0.1) is 5.82 Å². The van der Waals surface area contributed by atoms with Crippen molar-refractivity contribution in [3.63, 3.8) is 0 Å². The summed E-state index contributed by atoms with van der Waals surface area (Å²) in [4.78, 5) is 0. The molecule has 1 nitrogen and oxygen atoms in total. The minimum Gasteiger partial charge on any atom is -0.314 e. The maximum absolute atomic E-state index is 13.5. The standard InChI is InChI=1S/C13H20FN/c1-4-9-15-11(3)10(2)12-7-5-6-8-13(12)14/h5-8,10-11,15H,4,9H2,1-3H3. The van der Waals surface area contributed by atoms with Crippen LogP contribution in [0.4, 0.5) is 4.39 Å². The van der Waals surface area contributed by atoms with Crippen molar-refractivity contribution in [3.05, 3.63) is 35.6 Å². The topological polar surface area (TPSA) is 12.0 Å². The summed E-state index contributed by atoms with van der Waals surface area (Å²) in [6.07, 6.45) is 1.11. The van der Waals surface area contributed by atoms with Crippen LogP contribution >= 0.6 is 0 Å². The summed E-state index contributed by atoms with van der Waals surface area (Å²) >= 11 is 0. The Morgan fingerprint density at radius 1 is 1.27 bits per heavy atom. The largest absolute Gasteiger partial charge is 0.314 e. The zero-order valence-electron chi connectivity index (χ0n) is 9.76. The minimum absolute atomic E-state index is 0.102. The predicted molar refractivity (Wildman–Crippen MR) is 62.6 cm³/mol. The summed E-state index contributed by atoms with van der Waals surface area (Å²) < 4.78 is 13.5. The monoisotopic (exact) mass is 209 g/mol. The molecule has 0 heterocycles. The van der Waals surface area contributed by atoms with E-state index in [4.69, 9.17) is 0 Å². The van der Waals surface area contributed by atoms with Gasteiger partial charge in [-0.05, 0) is 37.4 Å². The SMILES string of the molecule is CCCNC(C)C(C)c1ccccc1F. The van der Waals surface area contributed by atoms with Gasteiger partial charge in [0.05, 0.1) is 0 Å². The predicted octanol–water partition coefficient (Wildman–Crippen LogP) is 3.32. The molecule has 0 bridgehead atoms. The maximum Gasteiger partial charge on any atom is 0.126 e. The number of halogens is 1. The van der Waals surface area contributed by atoms with Crippen molar-refractivity contribution in [1.82, 2.24) is 5.32 Å². The Balaban J connectivity index is 2.67. The Bertz CT molecular complexity index is 298. The van der Waals surface area contributed by atoms with Gasteiger partial charge in [-0.2, -0.15) is 0 Å². The van der Waals surface area contributed by atoms with Gasteiger partial charge in [-0.1, -0.05) is 32.0 Å². The molecule has 0 aromatic heterocycles. The van der Waals surface area contributed by atoms with Crippen molar-refractivity contribution in [3.8, 4) is 0 Å². The first-order valence-corrected chi connectivity index (χ1v) is 5.64. The molecule has 2 atom stereocenters. The fourth-order valence-electron chi connectivity index (χ4n) is 1.66. The van der Waals surface area contributed by atoms with Crippen molar-refractivity contribution < 1.29 is 4.39 Å². The van der Waals surface area contributed by atoms with Crippen LogP contribution in [-0.4, -0.2) is 12.6 Å². The first-order chi connectivity index (χ1) is 7.16. The van der Waals surface area contributed by atoms with Crippen molar-refractivity contribution in [2.24, 2.45) is 0 Å². The van der Waals surface area contributed by atoms with Crippen LogP contribution in [0.25, 0.3) is 0 Å². The Morgan fingerprint density at radius 3 is 2.53 bits per heavy atom. The smallest absolute Gasteiger partial charge is 0.126 e. The summed E-state index contributed by atoms with van der Waals surface area (Å²) in [6, 6.07) is 7.32. The molecule has 0 aliphatic heterocycles. The average Bonchev–Trinajstić information content (AvgIpc) is 2.25. The lowest BCUT2D eigenvalue weighted by molar-refractivity contribution is 0.465. The maximum atomic E-state index is 13.5. The third-order valence-corrected chi connectivity index (χ3v) is 2.86. The number of benzene rings is 1. The molecule has 0 radical (unpaired) electrons. The highest BCUT2D eigenvalue weighted by Crippen LogP contribution is 2.21. The van der Waals surface area contributed by atoms with Crippen LogP contribution in [0.5, 0.6) is 0 Å². The Hall–Kier alpha value is -0.890. The van der Waals surface area contributed by atoms with Crippen LogP contribution in [0.2, 0.25) is 0 Å². The van der Waals surface area contributed by atoms with Crippen LogP contribution in [0.15, 0.2) is 24.3 Å². The quantitative estimate of drug-likeness (QED) is 0.784. The molecule has 84 valence electrons. The van der Waals surface area contributed by atoms with Gasteiger partial charge in [0.15, 0.2) is 0 Å². The van der Waals surface area contributed by atoms with Crippen molar-refractivity contribution in [1.29, 1.82) is 0 Å². The molecule has 0 spiro atoms. The van der Waals surface area contributed by atoms with Gasteiger partial charge in [-0.3, -0.25) is 0 Å². The fourth-order valence-corrected chi connectivity index (χ4v) is 1.66. The molecule has 1 rings (SSSR count). The number of hydrogen-bond acceptors (Lipinski definition) is 1. The molecule has 0 amide bonds. The minimum atomic E-state index is -0.102. The van der Waals surface area contributed by atoms with E-state index in [0.29, 0.717) is 6.04 Å². The molecule has 2 heteroatoms. The molecule has 0 fully saturated rings. The van der Waals surface area contributed by atoms with E-state index >= 15 is 0 Å².